The van der Waals surface area contributed by atoms with E-state index in [1.165, 1.54) is 11.1 Å². The van der Waals surface area contributed by atoms with Gasteiger partial charge in [0.25, 0.3) is 0 Å². The maximum Gasteiger partial charge on any atom is 0.132 e. The topological polar surface area (TPSA) is 26.3 Å². The lowest BCUT2D eigenvalue weighted by Gasteiger charge is -2.13. The number of hydrogen-bond donors (Lipinski definition) is 0. The predicted octanol–water partition coefficient (Wildman–Crippen LogP) is 4.19. The molecule has 0 saturated heterocycles. The summed E-state index contributed by atoms with van der Waals surface area (Å²) < 4.78 is 5.29. The predicted molar refractivity (Wildman–Crippen MR) is 79.1 cm³/mol. The highest BCUT2D eigenvalue weighted by Crippen LogP contribution is 2.11. The SMILES string of the molecule is C.C.COC(CCc1ccc(C)cc1)CC(C)=O. The van der Waals surface area contributed by atoms with Gasteiger partial charge in [0.2, 0.25) is 0 Å². The van der Waals surface area contributed by atoms with Crippen molar-refractivity contribution in [1.82, 2.24) is 0 Å². The van der Waals surface area contributed by atoms with Crippen LogP contribution in [0.3, 0.4) is 0 Å². The third kappa shape index (κ3) is 7.23. The molecule has 104 valence electrons. The van der Waals surface area contributed by atoms with Gasteiger partial charge in [-0.15, -0.1) is 0 Å². The van der Waals surface area contributed by atoms with Crippen molar-refractivity contribution in [2.45, 2.75) is 54.1 Å². The van der Waals surface area contributed by atoms with E-state index < -0.39 is 0 Å². The number of hydrogen-bond acceptors (Lipinski definition) is 2. The highest BCUT2D eigenvalue weighted by atomic mass is 16.5. The van der Waals surface area contributed by atoms with Crippen LogP contribution >= 0.6 is 0 Å². The molecule has 0 N–H and O–H groups in total. The van der Waals surface area contributed by atoms with Crippen molar-refractivity contribution >= 4 is 5.78 Å². The normalized spacial score (nSPS) is 11.1. The van der Waals surface area contributed by atoms with Crippen molar-refractivity contribution in [3.63, 3.8) is 0 Å². The molecule has 0 bridgehead atoms. The molecule has 1 rings (SSSR count). The lowest BCUT2D eigenvalue weighted by Crippen LogP contribution is -2.15. The van der Waals surface area contributed by atoms with E-state index in [9.17, 15) is 4.79 Å². The van der Waals surface area contributed by atoms with E-state index in [4.69, 9.17) is 4.74 Å². The van der Waals surface area contributed by atoms with Gasteiger partial charge in [0.1, 0.15) is 5.78 Å². The average Bonchev–Trinajstić information content (AvgIpc) is 2.26. The van der Waals surface area contributed by atoms with Gasteiger partial charge in [0, 0.05) is 13.5 Å². The van der Waals surface area contributed by atoms with Crippen LogP contribution < -0.4 is 0 Å². The molecule has 0 heterocycles. The van der Waals surface area contributed by atoms with E-state index in [2.05, 4.69) is 31.2 Å². The van der Waals surface area contributed by atoms with E-state index >= 15 is 0 Å². The Hall–Kier alpha value is -1.15. The first-order chi connectivity index (χ1) is 7.61. The minimum absolute atomic E-state index is 0. The molecular weight excluding hydrogens is 224 g/mol. The molecule has 1 atom stereocenters. The molecule has 0 aliphatic heterocycles. The van der Waals surface area contributed by atoms with Crippen LogP contribution in [0.4, 0.5) is 0 Å². The van der Waals surface area contributed by atoms with Crippen LogP contribution in [-0.4, -0.2) is 19.0 Å². The van der Waals surface area contributed by atoms with Gasteiger partial charge in [-0.3, -0.25) is 4.79 Å². The highest BCUT2D eigenvalue weighted by Gasteiger charge is 2.09. The number of Topliss-reactive ketones (excluding diaryl/α,β-unsaturated/α-hetero) is 1. The molecule has 0 aliphatic rings. The zero-order valence-electron chi connectivity index (χ0n) is 10.3. The summed E-state index contributed by atoms with van der Waals surface area (Å²) in [4.78, 5) is 11.0. The molecule has 0 aromatic heterocycles. The van der Waals surface area contributed by atoms with E-state index in [-0.39, 0.29) is 26.7 Å². The second-order valence-corrected chi connectivity index (χ2v) is 4.29. The molecule has 1 aromatic rings. The quantitative estimate of drug-likeness (QED) is 0.758. The van der Waals surface area contributed by atoms with Gasteiger partial charge in [-0.2, -0.15) is 0 Å². The van der Waals surface area contributed by atoms with Crippen LogP contribution in [0.15, 0.2) is 24.3 Å². The van der Waals surface area contributed by atoms with Crippen molar-refractivity contribution in [3.8, 4) is 0 Å². The molecular formula is C16H28O2. The van der Waals surface area contributed by atoms with Gasteiger partial charge in [0.05, 0.1) is 6.10 Å². The zero-order chi connectivity index (χ0) is 12.0. The Balaban J connectivity index is 0. The number of rotatable bonds is 6. The standard InChI is InChI=1S/C14H20O2.2CH4/c1-11-4-6-13(7-5-11)8-9-14(16-3)10-12(2)15;;/h4-7,14H,8-10H2,1-3H3;2*1H4. The third-order valence-corrected chi connectivity index (χ3v) is 2.72. The lowest BCUT2D eigenvalue weighted by atomic mass is 10.0. The molecule has 0 spiro atoms. The highest BCUT2D eigenvalue weighted by molar-refractivity contribution is 5.75. The van der Waals surface area contributed by atoms with Crippen LogP contribution in [0.2, 0.25) is 0 Å². The third-order valence-electron chi connectivity index (χ3n) is 2.72. The number of carbonyl (C=O) groups excluding carboxylic acids is 1. The molecule has 0 radical (unpaired) electrons. The van der Waals surface area contributed by atoms with Gasteiger partial charge in [-0.1, -0.05) is 44.7 Å². The first-order valence-electron chi connectivity index (χ1n) is 5.69. The average molecular weight is 252 g/mol. The van der Waals surface area contributed by atoms with Gasteiger partial charge < -0.3 is 4.74 Å². The van der Waals surface area contributed by atoms with Crippen LogP contribution in [-0.2, 0) is 16.0 Å². The summed E-state index contributed by atoms with van der Waals surface area (Å²) in [7, 11) is 1.67. The largest absolute Gasteiger partial charge is 0.381 e. The van der Waals surface area contributed by atoms with Gasteiger partial charge in [-0.05, 0) is 32.3 Å². The summed E-state index contributed by atoms with van der Waals surface area (Å²) in [6.07, 6.45) is 2.44. The molecule has 0 amide bonds. The van der Waals surface area contributed by atoms with E-state index in [1.54, 1.807) is 14.0 Å². The first kappa shape index (κ1) is 19.2. The molecule has 1 aromatic carbocycles. The van der Waals surface area contributed by atoms with Crippen LogP contribution in [0.5, 0.6) is 0 Å². The van der Waals surface area contributed by atoms with Crippen molar-refractivity contribution in [2.75, 3.05) is 7.11 Å². The maximum atomic E-state index is 11.0. The van der Waals surface area contributed by atoms with E-state index in [0.29, 0.717) is 6.42 Å². The Kier molecular flexibility index (Phi) is 10.5. The lowest BCUT2D eigenvalue weighted by molar-refractivity contribution is -0.119. The molecule has 0 saturated carbocycles. The molecule has 0 fully saturated rings. The second-order valence-electron chi connectivity index (χ2n) is 4.29. The summed E-state index contributed by atoms with van der Waals surface area (Å²) in [6, 6.07) is 8.50. The number of carbonyl (C=O) groups is 1. The Bertz CT molecular complexity index is 327. The van der Waals surface area contributed by atoms with Gasteiger partial charge >= 0.3 is 0 Å². The number of benzene rings is 1. The Labute approximate surface area is 112 Å². The monoisotopic (exact) mass is 252 g/mol. The number of methoxy groups -OCH3 is 1. The van der Waals surface area contributed by atoms with Crippen LogP contribution in [0, 0.1) is 6.92 Å². The zero-order valence-corrected chi connectivity index (χ0v) is 10.3. The molecule has 2 heteroatoms. The second kappa shape index (κ2) is 9.84. The van der Waals surface area contributed by atoms with Crippen molar-refractivity contribution in [1.29, 1.82) is 0 Å². The Morgan fingerprint density at radius 2 is 1.78 bits per heavy atom. The number of ketones is 1. The summed E-state index contributed by atoms with van der Waals surface area (Å²) >= 11 is 0. The smallest absolute Gasteiger partial charge is 0.132 e. The molecule has 18 heavy (non-hydrogen) atoms. The van der Waals surface area contributed by atoms with Crippen molar-refractivity contribution < 1.29 is 9.53 Å². The molecule has 1 unspecified atom stereocenters. The van der Waals surface area contributed by atoms with Crippen molar-refractivity contribution in [2.24, 2.45) is 0 Å². The van der Waals surface area contributed by atoms with E-state index in [0.717, 1.165) is 12.8 Å². The fourth-order valence-electron chi connectivity index (χ4n) is 1.71. The summed E-state index contributed by atoms with van der Waals surface area (Å²) in [6.45, 7) is 3.69. The maximum absolute atomic E-state index is 11.0. The molecule has 0 aliphatic carbocycles. The first-order valence-corrected chi connectivity index (χ1v) is 5.69. The Morgan fingerprint density at radius 1 is 1.22 bits per heavy atom. The fraction of sp³-hybridized carbons (Fsp3) is 0.562. The molecule has 2 nitrogen and oxygen atoms in total. The summed E-state index contributed by atoms with van der Waals surface area (Å²) in [5.41, 5.74) is 2.58. The van der Waals surface area contributed by atoms with Gasteiger partial charge in [0.15, 0.2) is 0 Å². The summed E-state index contributed by atoms with van der Waals surface area (Å²) in [5.74, 6) is 0.191. The fourth-order valence-corrected chi connectivity index (χ4v) is 1.71. The Morgan fingerprint density at radius 3 is 2.22 bits per heavy atom. The number of aryl methyl sites for hydroxylation is 2. The van der Waals surface area contributed by atoms with Gasteiger partial charge in [-0.25, -0.2) is 0 Å². The summed E-state index contributed by atoms with van der Waals surface area (Å²) in [5, 5.41) is 0. The van der Waals surface area contributed by atoms with E-state index in [1.807, 2.05) is 0 Å². The number of ether oxygens (including phenoxy) is 1. The van der Waals surface area contributed by atoms with Crippen LogP contribution in [0.1, 0.15) is 45.7 Å². The minimum Gasteiger partial charge on any atom is -0.381 e. The van der Waals surface area contributed by atoms with Crippen molar-refractivity contribution in [3.05, 3.63) is 35.4 Å². The van der Waals surface area contributed by atoms with Crippen LogP contribution in [0.25, 0.3) is 0 Å². The minimum atomic E-state index is 0.